The molecule has 0 spiro atoms. The van der Waals surface area contributed by atoms with E-state index in [2.05, 4.69) is 5.32 Å². The Balaban J connectivity index is 0.00000225. The molecule has 0 saturated carbocycles. The number of nitrogens with zero attached hydrogens (tertiary/aromatic N) is 1. The number of benzene rings is 1. The second kappa shape index (κ2) is 8.37. The topological polar surface area (TPSA) is 110 Å². The van der Waals surface area contributed by atoms with Crippen molar-refractivity contribution in [3.63, 3.8) is 0 Å². The van der Waals surface area contributed by atoms with E-state index in [0.717, 1.165) is 10.5 Å². The first-order valence-corrected chi connectivity index (χ1v) is 8.40. The monoisotopic (exact) mass is 370 g/mol. The molecule has 3 rings (SSSR count). The van der Waals surface area contributed by atoms with Gasteiger partial charge in [0.15, 0.2) is 0 Å². The number of nitrogens with one attached hydrogen (secondary N) is 1. The Morgan fingerprint density at radius 3 is 2.60 bits per heavy atom. The number of amides is 2. The van der Waals surface area contributed by atoms with E-state index >= 15 is 0 Å². The summed E-state index contributed by atoms with van der Waals surface area (Å²) < 4.78 is 0. The largest absolute Gasteiger partial charge is 1.00 e. The minimum Gasteiger partial charge on any atom is -0.543 e. The van der Waals surface area contributed by atoms with Crippen LogP contribution < -0.4 is 40.0 Å². The van der Waals surface area contributed by atoms with Crippen molar-refractivity contribution in [1.82, 2.24) is 10.2 Å². The first-order chi connectivity index (χ1) is 11.5. The molecule has 0 aromatic heterocycles. The van der Waals surface area contributed by atoms with Crippen molar-refractivity contribution in [3.8, 4) is 0 Å². The Morgan fingerprint density at radius 2 is 2.00 bits per heavy atom. The zero-order valence-corrected chi connectivity index (χ0v) is 16.4. The van der Waals surface area contributed by atoms with Crippen LogP contribution in [0.15, 0.2) is 41.6 Å². The molecule has 1 aromatic rings. The maximum Gasteiger partial charge on any atom is 1.00 e. The number of fused-ring (bicyclic) bond motifs is 1. The molecule has 9 heteroatoms. The molecule has 0 aliphatic carbocycles. The van der Waals surface area contributed by atoms with E-state index in [0.29, 0.717) is 0 Å². The van der Waals surface area contributed by atoms with Gasteiger partial charge in [0, 0.05) is 5.75 Å². The summed E-state index contributed by atoms with van der Waals surface area (Å²) in [4.78, 5) is 36.7. The van der Waals surface area contributed by atoms with Crippen LogP contribution in [0.25, 0.3) is 0 Å². The van der Waals surface area contributed by atoms with Gasteiger partial charge in [-0.3, -0.25) is 14.5 Å². The van der Waals surface area contributed by atoms with Crippen LogP contribution in [0.5, 0.6) is 0 Å². The van der Waals surface area contributed by atoms with Gasteiger partial charge in [0.2, 0.25) is 5.91 Å². The summed E-state index contributed by atoms with van der Waals surface area (Å²) >= 11 is 1.31. The smallest absolute Gasteiger partial charge is 0.543 e. The Labute approximate surface area is 170 Å². The van der Waals surface area contributed by atoms with Crippen molar-refractivity contribution < 1.29 is 54.2 Å². The average Bonchev–Trinajstić information content (AvgIpc) is 2.58. The van der Waals surface area contributed by atoms with E-state index in [1.165, 1.54) is 11.8 Å². The van der Waals surface area contributed by atoms with Gasteiger partial charge in [-0.2, -0.15) is 0 Å². The molecule has 2 amide bonds. The molecule has 7 nitrogen and oxygen atoms in total. The van der Waals surface area contributed by atoms with Crippen molar-refractivity contribution in [1.29, 1.82) is 0 Å². The number of carbonyl (C=O) groups excluding carboxylic acids is 3. The summed E-state index contributed by atoms with van der Waals surface area (Å²) in [5.41, 5.74) is 0.797. The van der Waals surface area contributed by atoms with Crippen LogP contribution in [0, 0.1) is 0 Å². The van der Waals surface area contributed by atoms with Crippen molar-refractivity contribution in [2.24, 2.45) is 0 Å². The quantitative estimate of drug-likeness (QED) is 0.400. The van der Waals surface area contributed by atoms with E-state index in [1.807, 2.05) is 30.3 Å². The van der Waals surface area contributed by atoms with Gasteiger partial charge in [-0.1, -0.05) is 30.3 Å². The van der Waals surface area contributed by atoms with E-state index in [4.69, 9.17) is 0 Å². The number of hydrogen-bond acceptors (Lipinski definition) is 6. The molecule has 25 heavy (non-hydrogen) atoms. The second-order valence-electron chi connectivity index (χ2n) is 5.52. The van der Waals surface area contributed by atoms with Gasteiger partial charge in [0.25, 0.3) is 5.91 Å². The van der Waals surface area contributed by atoms with Gasteiger partial charge in [-0.15, -0.1) is 11.8 Å². The van der Waals surface area contributed by atoms with Crippen LogP contribution >= 0.6 is 11.8 Å². The molecule has 0 radical (unpaired) electrons. The Bertz CT molecular complexity index is 724. The molecule has 1 saturated heterocycles. The first-order valence-electron chi connectivity index (χ1n) is 7.35. The molecule has 0 bridgehead atoms. The van der Waals surface area contributed by atoms with Crippen molar-refractivity contribution >= 4 is 29.5 Å². The second-order valence-corrected chi connectivity index (χ2v) is 6.62. The number of aliphatic carboxylic acids is 1. The SMILES string of the molecule is O=C(Cc1ccccc1)N[C@H]1C(=O)N2C(C(=O)[O-])=C(CO)CS[C@H]12.[Na+]. The molecule has 126 valence electrons. The molecular formula is C16H15N2NaO5S. The third-order valence-corrected chi connectivity index (χ3v) is 5.30. The summed E-state index contributed by atoms with van der Waals surface area (Å²) in [6.07, 6.45) is 0.146. The van der Waals surface area contributed by atoms with Gasteiger partial charge in [0.1, 0.15) is 11.4 Å². The molecule has 1 aromatic carbocycles. The predicted molar refractivity (Wildman–Crippen MR) is 84.3 cm³/mol. The third kappa shape index (κ3) is 3.93. The summed E-state index contributed by atoms with van der Waals surface area (Å²) in [5.74, 6) is -2.02. The summed E-state index contributed by atoms with van der Waals surface area (Å²) in [6, 6.07) is 8.36. The number of carboxylic acids is 1. The number of aliphatic hydroxyl groups is 1. The number of β-lactam (4-membered cyclic amide) rings is 1. The van der Waals surface area contributed by atoms with Gasteiger partial charge >= 0.3 is 29.6 Å². The van der Waals surface area contributed by atoms with Crippen LogP contribution in [0.2, 0.25) is 0 Å². The first kappa shape index (κ1) is 20.0. The van der Waals surface area contributed by atoms with Gasteiger partial charge in [-0.05, 0) is 11.1 Å². The zero-order chi connectivity index (χ0) is 17.3. The van der Waals surface area contributed by atoms with E-state index in [-0.39, 0.29) is 58.9 Å². The number of carbonyl (C=O) groups is 3. The molecule has 2 atom stereocenters. The van der Waals surface area contributed by atoms with Crippen LogP contribution in [0.3, 0.4) is 0 Å². The average molecular weight is 370 g/mol. The summed E-state index contributed by atoms with van der Waals surface area (Å²) in [7, 11) is 0. The maximum absolute atomic E-state index is 12.3. The molecular weight excluding hydrogens is 355 g/mol. The number of thioether (sulfide) groups is 1. The van der Waals surface area contributed by atoms with Gasteiger partial charge in [-0.25, -0.2) is 0 Å². The van der Waals surface area contributed by atoms with Crippen LogP contribution in [-0.2, 0) is 20.8 Å². The van der Waals surface area contributed by atoms with Crippen LogP contribution in [0.1, 0.15) is 5.56 Å². The molecule has 2 aliphatic rings. The van der Waals surface area contributed by atoms with Gasteiger partial charge < -0.3 is 20.3 Å². The summed E-state index contributed by atoms with van der Waals surface area (Å²) in [5, 5.41) is 22.7. The maximum atomic E-state index is 12.3. The van der Waals surface area contributed by atoms with E-state index in [9.17, 15) is 24.6 Å². The third-order valence-electron chi connectivity index (χ3n) is 3.96. The van der Waals surface area contributed by atoms with Crippen molar-refractivity contribution in [3.05, 3.63) is 47.2 Å². The normalized spacial score (nSPS) is 21.8. The number of hydrogen-bond donors (Lipinski definition) is 2. The van der Waals surface area contributed by atoms with E-state index in [1.54, 1.807) is 0 Å². The van der Waals surface area contributed by atoms with Crippen LogP contribution in [0.4, 0.5) is 0 Å². The Morgan fingerprint density at radius 1 is 1.32 bits per heavy atom. The molecule has 2 aliphatic heterocycles. The predicted octanol–water partition coefficient (Wildman–Crippen LogP) is -4.37. The number of aliphatic hydroxyl groups excluding tert-OH is 1. The van der Waals surface area contributed by atoms with Crippen molar-refractivity contribution in [2.75, 3.05) is 12.4 Å². The molecule has 2 heterocycles. The molecule has 1 fully saturated rings. The van der Waals surface area contributed by atoms with E-state index < -0.39 is 29.9 Å². The zero-order valence-electron chi connectivity index (χ0n) is 13.6. The fourth-order valence-corrected chi connectivity index (χ4v) is 4.13. The van der Waals surface area contributed by atoms with Gasteiger partial charge in [0.05, 0.1) is 24.7 Å². The minimum absolute atomic E-state index is 0. The fourth-order valence-electron chi connectivity index (χ4n) is 2.80. The molecule has 2 N–H and O–H groups in total. The number of carboxylic acid groups (broad SMARTS) is 1. The molecule has 0 unspecified atom stereocenters. The van der Waals surface area contributed by atoms with Crippen LogP contribution in [-0.4, -0.2) is 51.6 Å². The van der Waals surface area contributed by atoms with Crippen molar-refractivity contribution in [2.45, 2.75) is 17.8 Å². The fraction of sp³-hybridized carbons (Fsp3) is 0.312. The number of rotatable bonds is 5. The standard InChI is InChI=1S/C16H16N2O5S.Na/c19-7-10-8-24-15-12(14(21)18(15)13(10)16(22)23)17-11(20)6-9-4-2-1-3-5-9;/h1-5,12,15,19H,6-8H2,(H,17,20)(H,22,23);/q;+1/p-1/t12-,15+;/m0./s1. The summed E-state index contributed by atoms with van der Waals surface area (Å²) in [6.45, 7) is -0.447. The minimum atomic E-state index is -1.49. The Kier molecular flexibility index (Phi) is 6.70. The Hall–Kier alpha value is -1.32.